The van der Waals surface area contributed by atoms with E-state index in [0.29, 0.717) is 0 Å². The molecule has 0 N–H and O–H groups in total. The fourth-order valence-corrected chi connectivity index (χ4v) is 4.98. The molecule has 3 fully saturated rings. The van der Waals surface area contributed by atoms with E-state index in [9.17, 15) is 0 Å². The van der Waals surface area contributed by atoms with Gasteiger partial charge in [-0.1, -0.05) is 39.0 Å². The lowest BCUT2D eigenvalue weighted by Gasteiger charge is -2.46. The summed E-state index contributed by atoms with van der Waals surface area (Å²) < 4.78 is 0. The summed E-state index contributed by atoms with van der Waals surface area (Å²) in [4.78, 5) is 0. The summed E-state index contributed by atoms with van der Waals surface area (Å²) in [7, 11) is 0. The van der Waals surface area contributed by atoms with Gasteiger partial charge in [-0.2, -0.15) is 0 Å². The normalized spacial score (nSPS) is 52.5. The molecule has 0 radical (unpaired) electrons. The first-order valence-electron chi connectivity index (χ1n) is 6.86. The highest BCUT2D eigenvalue weighted by Crippen LogP contribution is 2.53. The van der Waals surface area contributed by atoms with Gasteiger partial charge in [0.1, 0.15) is 0 Å². The number of fused-ring (bicyclic) bond motifs is 2. The third-order valence-electron chi connectivity index (χ3n) is 5.64. The van der Waals surface area contributed by atoms with Gasteiger partial charge < -0.3 is 0 Å². The second-order valence-corrected chi connectivity index (χ2v) is 6.16. The molecule has 3 aliphatic rings. The topological polar surface area (TPSA) is 0 Å². The largest absolute Gasteiger partial charge is 0.0620 e. The fraction of sp³-hybridized carbons (Fsp3) is 1.00. The van der Waals surface area contributed by atoms with Crippen LogP contribution in [0, 0.1) is 29.6 Å². The average Bonchev–Trinajstić information content (AvgIpc) is 2.66. The van der Waals surface area contributed by atoms with Crippen LogP contribution in [0.15, 0.2) is 0 Å². The number of hydrogen-bond acceptors (Lipinski definition) is 0. The predicted molar refractivity (Wildman–Crippen MR) is 60.1 cm³/mol. The van der Waals surface area contributed by atoms with Crippen LogP contribution in [0.4, 0.5) is 0 Å². The molecule has 0 heteroatoms. The standard InChI is InChI=1S/C14H24/c1-10-13-7-3-2-5-11(13)9-12-6-4-8-14(10)12/h10-14H,2-9H2,1H3/t10-,11-,12?,13+,14?/m0/s1. The van der Waals surface area contributed by atoms with Crippen LogP contribution in [-0.4, -0.2) is 0 Å². The average molecular weight is 192 g/mol. The van der Waals surface area contributed by atoms with E-state index in [1.807, 2.05) is 0 Å². The van der Waals surface area contributed by atoms with Crippen molar-refractivity contribution in [3.05, 3.63) is 0 Å². The Balaban J connectivity index is 1.79. The third-order valence-corrected chi connectivity index (χ3v) is 5.64. The van der Waals surface area contributed by atoms with Crippen molar-refractivity contribution in [2.45, 2.75) is 58.3 Å². The van der Waals surface area contributed by atoms with Gasteiger partial charge in [0, 0.05) is 0 Å². The minimum Gasteiger partial charge on any atom is -0.0620 e. The van der Waals surface area contributed by atoms with Crippen LogP contribution in [0.3, 0.4) is 0 Å². The van der Waals surface area contributed by atoms with Crippen LogP contribution in [0.2, 0.25) is 0 Å². The quantitative estimate of drug-likeness (QED) is 0.538. The Labute approximate surface area is 88.5 Å². The van der Waals surface area contributed by atoms with Gasteiger partial charge in [-0.15, -0.1) is 0 Å². The van der Waals surface area contributed by atoms with Crippen molar-refractivity contribution in [2.24, 2.45) is 29.6 Å². The predicted octanol–water partition coefficient (Wildman–Crippen LogP) is 4.25. The van der Waals surface area contributed by atoms with Crippen molar-refractivity contribution >= 4 is 0 Å². The van der Waals surface area contributed by atoms with Crippen LogP contribution in [-0.2, 0) is 0 Å². The van der Waals surface area contributed by atoms with Crippen LogP contribution in [0.25, 0.3) is 0 Å². The molecule has 0 heterocycles. The van der Waals surface area contributed by atoms with Crippen LogP contribution >= 0.6 is 0 Å². The van der Waals surface area contributed by atoms with Crippen molar-refractivity contribution in [3.63, 3.8) is 0 Å². The zero-order chi connectivity index (χ0) is 9.54. The van der Waals surface area contributed by atoms with E-state index in [2.05, 4.69) is 6.92 Å². The zero-order valence-electron chi connectivity index (χ0n) is 9.54. The van der Waals surface area contributed by atoms with E-state index < -0.39 is 0 Å². The molecule has 5 atom stereocenters. The fourth-order valence-electron chi connectivity index (χ4n) is 4.98. The molecule has 0 nitrogen and oxygen atoms in total. The summed E-state index contributed by atoms with van der Waals surface area (Å²) in [5, 5.41) is 0. The second-order valence-electron chi connectivity index (χ2n) is 6.16. The maximum atomic E-state index is 2.57. The van der Waals surface area contributed by atoms with Gasteiger partial charge in [-0.3, -0.25) is 0 Å². The lowest BCUT2D eigenvalue weighted by Crippen LogP contribution is -2.38. The third kappa shape index (κ3) is 1.33. The zero-order valence-corrected chi connectivity index (χ0v) is 9.54. The van der Waals surface area contributed by atoms with Gasteiger partial charge in [0.15, 0.2) is 0 Å². The van der Waals surface area contributed by atoms with Gasteiger partial charge >= 0.3 is 0 Å². The first kappa shape index (κ1) is 9.24. The molecule has 3 rings (SSSR count). The molecular weight excluding hydrogens is 168 g/mol. The van der Waals surface area contributed by atoms with Crippen molar-refractivity contribution in [3.8, 4) is 0 Å². The lowest BCUT2D eigenvalue weighted by atomic mass is 9.59. The van der Waals surface area contributed by atoms with E-state index in [-0.39, 0.29) is 0 Å². The van der Waals surface area contributed by atoms with Crippen LogP contribution < -0.4 is 0 Å². The van der Waals surface area contributed by atoms with E-state index in [0.717, 1.165) is 29.6 Å². The molecule has 3 aliphatic carbocycles. The maximum Gasteiger partial charge on any atom is -0.0357 e. The molecule has 0 aliphatic heterocycles. The van der Waals surface area contributed by atoms with Gasteiger partial charge in [-0.25, -0.2) is 0 Å². The summed E-state index contributed by atoms with van der Waals surface area (Å²) in [5.74, 6) is 5.61. The highest BCUT2D eigenvalue weighted by atomic mass is 14.5. The number of hydrogen-bond donors (Lipinski definition) is 0. The molecule has 14 heavy (non-hydrogen) atoms. The Morgan fingerprint density at radius 3 is 2.07 bits per heavy atom. The SMILES string of the molecule is C[C@@H]1C2CCCC2C[C@@H]2CCCC[C@@H]21. The Bertz CT molecular complexity index is 208. The van der Waals surface area contributed by atoms with Crippen LogP contribution in [0.5, 0.6) is 0 Å². The molecule has 3 saturated carbocycles. The highest BCUT2D eigenvalue weighted by molar-refractivity contribution is 4.94. The molecule has 0 aromatic carbocycles. The molecule has 0 bridgehead atoms. The minimum absolute atomic E-state index is 1.07. The molecule has 80 valence electrons. The molecule has 2 unspecified atom stereocenters. The van der Waals surface area contributed by atoms with E-state index >= 15 is 0 Å². The van der Waals surface area contributed by atoms with Crippen LogP contribution in [0.1, 0.15) is 58.3 Å². The molecular formula is C14H24. The molecule has 0 aromatic rings. The lowest BCUT2D eigenvalue weighted by molar-refractivity contribution is 0.0349. The summed E-state index contributed by atoms with van der Waals surface area (Å²) in [6.07, 6.45) is 12.5. The van der Waals surface area contributed by atoms with E-state index in [1.165, 1.54) is 12.8 Å². The molecule has 0 spiro atoms. The summed E-state index contributed by atoms with van der Waals surface area (Å²) in [6.45, 7) is 2.57. The highest BCUT2D eigenvalue weighted by Gasteiger charge is 2.44. The van der Waals surface area contributed by atoms with E-state index in [4.69, 9.17) is 0 Å². The van der Waals surface area contributed by atoms with Crippen molar-refractivity contribution < 1.29 is 0 Å². The van der Waals surface area contributed by atoms with Gasteiger partial charge in [0.05, 0.1) is 0 Å². The summed E-state index contributed by atoms with van der Waals surface area (Å²) >= 11 is 0. The van der Waals surface area contributed by atoms with Gasteiger partial charge in [0.2, 0.25) is 0 Å². The first-order valence-corrected chi connectivity index (χ1v) is 6.86. The van der Waals surface area contributed by atoms with Crippen molar-refractivity contribution in [1.29, 1.82) is 0 Å². The molecule has 0 saturated heterocycles. The second kappa shape index (κ2) is 3.54. The molecule has 0 aromatic heterocycles. The smallest absolute Gasteiger partial charge is 0.0357 e. The Hall–Kier alpha value is 0. The van der Waals surface area contributed by atoms with Crippen molar-refractivity contribution in [1.82, 2.24) is 0 Å². The Morgan fingerprint density at radius 1 is 0.714 bits per heavy atom. The first-order chi connectivity index (χ1) is 6.86. The van der Waals surface area contributed by atoms with Gasteiger partial charge in [0.25, 0.3) is 0 Å². The summed E-state index contributed by atoms with van der Waals surface area (Å²) in [5.41, 5.74) is 0. The minimum atomic E-state index is 1.07. The molecule has 0 amide bonds. The van der Waals surface area contributed by atoms with Crippen molar-refractivity contribution in [2.75, 3.05) is 0 Å². The maximum absolute atomic E-state index is 2.57. The van der Waals surface area contributed by atoms with Gasteiger partial charge in [-0.05, 0) is 48.9 Å². The Kier molecular flexibility index (Phi) is 2.34. The Morgan fingerprint density at radius 2 is 1.29 bits per heavy atom. The van der Waals surface area contributed by atoms with E-state index in [1.54, 1.807) is 38.5 Å². The summed E-state index contributed by atoms with van der Waals surface area (Å²) in [6, 6.07) is 0. The monoisotopic (exact) mass is 192 g/mol. The number of rotatable bonds is 0.